The lowest BCUT2D eigenvalue weighted by Crippen LogP contribution is -2.23. The molecule has 0 unspecified atom stereocenters. The molecule has 0 atom stereocenters. The molecule has 0 spiro atoms. The van der Waals surface area contributed by atoms with Gasteiger partial charge < -0.3 is 10.5 Å². The normalized spacial score (nSPS) is 10.8. The van der Waals surface area contributed by atoms with E-state index in [1.54, 1.807) is 13.8 Å². The predicted molar refractivity (Wildman–Crippen MR) is 72.0 cm³/mol. The Morgan fingerprint density at radius 1 is 1.32 bits per heavy atom. The molecule has 0 saturated carbocycles. The largest absolute Gasteiger partial charge is 0.462 e. The lowest BCUT2D eigenvalue weighted by atomic mass is 10.0. The Hall–Kier alpha value is -1.85. The fraction of sp³-hybridized carbons (Fsp3) is 0.615. The average molecular weight is 267 g/mol. The molecule has 1 aromatic rings. The van der Waals surface area contributed by atoms with Crippen LogP contribution >= 0.6 is 0 Å². The highest BCUT2D eigenvalue weighted by Gasteiger charge is 2.26. The molecule has 6 nitrogen and oxygen atoms in total. The maximum Gasteiger partial charge on any atom is 0.343 e. The molecule has 19 heavy (non-hydrogen) atoms. The van der Waals surface area contributed by atoms with Gasteiger partial charge in [-0.2, -0.15) is 9.78 Å². The molecule has 2 N–H and O–H groups in total. The van der Waals surface area contributed by atoms with Crippen LogP contribution in [0.15, 0.2) is 0 Å². The zero-order valence-corrected chi connectivity index (χ0v) is 11.9. The van der Waals surface area contributed by atoms with Gasteiger partial charge in [-0.15, -0.1) is 0 Å². The van der Waals surface area contributed by atoms with E-state index in [4.69, 9.17) is 10.5 Å². The summed E-state index contributed by atoms with van der Waals surface area (Å²) in [6, 6.07) is 0. The first kappa shape index (κ1) is 15.2. The minimum Gasteiger partial charge on any atom is -0.462 e. The molecular formula is C13H21N3O3. The van der Waals surface area contributed by atoms with Crippen LogP contribution in [0.3, 0.4) is 0 Å². The Balaban J connectivity index is 3.15. The van der Waals surface area contributed by atoms with E-state index in [1.165, 1.54) is 0 Å². The van der Waals surface area contributed by atoms with E-state index < -0.39 is 5.97 Å². The molecule has 0 bridgehead atoms. The SMILES string of the molecule is CCOC(=O)c1c(C)nn(C(=O)C(CC)CC)c1N. The first-order valence-electron chi connectivity index (χ1n) is 6.54. The standard InChI is InChI=1S/C13H21N3O3/c1-5-9(6-2)12(17)16-11(14)10(8(4)15-16)13(18)19-7-3/h9H,5-7,14H2,1-4H3. The number of nitrogens with two attached hydrogens (primary N) is 1. The molecule has 0 aromatic carbocycles. The van der Waals surface area contributed by atoms with Crippen molar-refractivity contribution in [3.8, 4) is 0 Å². The number of carbonyl (C=O) groups is 2. The summed E-state index contributed by atoms with van der Waals surface area (Å²) in [5, 5.41) is 4.07. The number of rotatable bonds is 5. The minimum atomic E-state index is -0.541. The van der Waals surface area contributed by atoms with Crippen molar-refractivity contribution in [1.82, 2.24) is 9.78 Å². The van der Waals surface area contributed by atoms with Gasteiger partial charge in [0.25, 0.3) is 5.91 Å². The average Bonchev–Trinajstić information content (AvgIpc) is 2.66. The number of aryl methyl sites for hydroxylation is 1. The molecular weight excluding hydrogens is 246 g/mol. The monoisotopic (exact) mass is 267 g/mol. The summed E-state index contributed by atoms with van der Waals surface area (Å²) in [7, 11) is 0. The number of carbonyl (C=O) groups excluding carboxylic acids is 2. The molecule has 6 heteroatoms. The number of nitrogens with zero attached hydrogens (tertiary/aromatic N) is 2. The Morgan fingerprint density at radius 3 is 2.37 bits per heavy atom. The van der Waals surface area contributed by atoms with Gasteiger partial charge >= 0.3 is 5.97 Å². The van der Waals surface area contributed by atoms with Gasteiger partial charge in [-0.05, 0) is 26.7 Å². The number of aromatic nitrogens is 2. The maximum atomic E-state index is 12.2. The van der Waals surface area contributed by atoms with E-state index in [1.807, 2.05) is 13.8 Å². The lowest BCUT2D eigenvalue weighted by molar-refractivity contribution is 0.0527. The van der Waals surface area contributed by atoms with Gasteiger partial charge in [-0.3, -0.25) is 4.79 Å². The number of esters is 1. The quantitative estimate of drug-likeness (QED) is 0.825. The van der Waals surface area contributed by atoms with Gasteiger partial charge in [0, 0.05) is 5.92 Å². The van der Waals surface area contributed by atoms with Gasteiger partial charge in [0.05, 0.1) is 12.3 Å². The molecule has 106 valence electrons. The second-order valence-electron chi connectivity index (χ2n) is 4.33. The van der Waals surface area contributed by atoms with Gasteiger partial charge in [0.1, 0.15) is 11.4 Å². The van der Waals surface area contributed by atoms with Crippen LogP contribution in [0.2, 0.25) is 0 Å². The summed E-state index contributed by atoms with van der Waals surface area (Å²) in [6.07, 6.45) is 1.42. The molecule has 1 rings (SSSR count). The highest BCUT2D eigenvalue weighted by Crippen LogP contribution is 2.20. The third-order valence-electron chi connectivity index (χ3n) is 3.12. The molecule has 0 fully saturated rings. The van der Waals surface area contributed by atoms with Gasteiger partial charge in [-0.1, -0.05) is 13.8 Å². The Bertz CT molecular complexity index is 476. The summed E-state index contributed by atoms with van der Waals surface area (Å²) in [6.45, 7) is 7.47. The molecule has 0 amide bonds. The van der Waals surface area contributed by atoms with Crippen molar-refractivity contribution in [2.24, 2.45) is 5.92 Å². The van der Waals surface area contributed by atoms with Crippen LogP contribution in [0.1, 0.15) is 54.5 Å². The summed E-state index contributed by atoms with van der Waals surface area (Å²) in [4.78, 5) is 24.0. The summed E-state index contributed by atoms with van der Waals surface area (Å²) >= 11 is 0. The van der Waals surface area contributed by atoms with E-state index in [-0.39, 0.29) is 29.8 Å². The van der Waals surface area contributed by atoms with Gasteiger partial charge in [0.2, 0.25) is 0 Å². The van der Waals surface area contributed by atoms with Crippen molar-refractivity contribution in [3.63, 3.8) is 0 Å². The number of hydrogen-bond acceptors (Lipinski definition) is 5. The molecule has 0 aliphatic rings. The maximum absolute atomic E-state index is 12.2. The van der Waals surface area contributed by atoms with Crippen molar-refractivity contribution in [2.75, 3.05) is 12.3 Å². The molecule has 1 aromatic heterocycles. The summed E-state index contributed by atoms with van der Waals surface area (Å²) in [5.41, 5.74) is 6.46. The number of nitrogen functional groups attached to an aromatic ring is 1. The zero-order chi connectivity index (χ0) is 14.6. The van der Waals surface area contributed by atoms with Crippen LogP contribution in [0, 0.1) is 12.8 Å². The Kier molecular flexibility index (Phi) is 5.09. The van der Waals surface area contributed by atoms with Crippen LogP contribution in [-0.2, 0) is 4.74 Å². The second-order valence-corrected chi connectivity index (χ2v) is 4.33. The Morgan fingerprint density at radius 2 is 1.89 bits per heavy atom. The fourth-order valence-corrected chi connectivity index (χ4v) is 1.98. The molecule has 0 saturated heterocycles. The summed E-state index contributed by atoms with van der Waals surface area (Å²) in [5.74, 6) is -0.799. The first-order valence-corrected chi connectivity index (χ1v) is 6.54. The topological polar surface area (TPSA) is 87.2 Å². The van der Waals surface area contributed by atoms with E-state index in [9.17, 15) is 9.59 Å². The van der Waals surface area contributed by atoms with Crippen LogP contribution < -0.4 is 5.73 Å². The minimum absolute atomic E-state index is 0.0628. The third kappa shape index (κ3) is 2.94. The third-order valence-corrected chi connectivity index (χ3v) is 3.12. The van der Waals surface area contributed by atoms with Crippen molar-refractivity contribution < 1.29 is 14.3 Å². The Labute approximate surface area is 112 Å². The second kappa shape index (κ2) is 6.36. The number of hydrogen-bond donors (Lipinski definition) is 1. The van der Waals surface area contributed by atoms with E-state index in [2.05, 4.69) is 5.10 Å². The zero-order valence-electron chi connectivity index (χ0n) is 11.9. The van der Waals surface area contributed by atoms with Gasteiger partial charge in [-0.25, -0.2) is 4.79 Å². The number of anilines is 1. The van der Waals surface area contributed by atoms with Crippen molar-refractivity contribution in [1.29, 1.82) is 0 Å². The lowest BCUT2D eigenvalue weighted by Gasteiger charge is -2.11. The van der Waals surface area contributed by atoms with Crippen LogP contribution in [0.5, 0.6) is 0 Å². The van der Waals surface area contributed by atoms with Crippen molar-refractivity contribution in [3.05, 3.63) is 11.3 Å². The molecule has 1 heterocycles. The number of ether oxygens (including phenoxy) is 1. The van der Waals surface area contributed by atoms with Crippen LogP contribution in [-0.4, -0.2) is 28.3 Å². The fourth-order valence-electron chi connectivity index (χ4n) is 1.98. The highest BCUT2D eigenvalue weighted by atomic mass is 16.5. The predicted octanol–water partition coefficient (Wildman–Crippen LogP) is 2.03. The molecule has 0 aliphatic heterocycles. The summed E-state index contributed by atoms with van der Waals surface area (Å²) < 4.78 is 6.04. The first-order chi connectivity index (χ1) is 8.97. The van der Waals surface area contributed by atoms with Crippen LogP contribution in [0.25, 0.3) is 0 Å². The van der Waals surface area contributed by atoms with E-state index >= 15 is 0 Å². The van der Waals surface area contributed by atoms with E-state index in [0.717, 1.165) is 4.68 Å². The van der Waals surface area contributed by atoms with Crippen molar-refractivity contribution in [2.45, 2.75) is 40.5 Å². The van der Waals surface area contributed by atoms with Crippen molar-refractivity contribution >= 4 is 17.7 Å². The molecule has 0 aliphatic carbocycles. The smallest absolute Gasteiger partial charge is 0.343 e. The molecule has 0 radical (unpaired) electrons. The van der Waals surface area contributed by atoms with E-state index in [0.29, 0.717) is 18.5 Å². The highest BCUT2D eigenvalue weighted by molar-refractivity contribution is 5.98. The van der Waals surface area contributed by atoms with Crippen LogP contribution in [0.4, 0.5) is 5.82 Å². The van der Waals surface area contributed by atoms with Gasteiger partial charge in [0.15, 0.2) is 0 Å².